The Kier molecular flexibility index (Phi) is 5.33. The van der Waals surface area contributed by atoms with Gasteiger partial charge in [0.25, 0.3) is 0 Å². The van der Waals surface area contributed by atoms with Crippen molar-refractivity contribution in [3.8, 4) is 11.5 Å². The molecule has 1 heterocycles. The van der Waals surface area contributed by atoms with E-state index in [9.17, 15) is 0 Å². The number of methoxy groups -OCH3 is 2. The van der Waals surface area contributed by atoms with Gasteiger partial charge in [-0.1, -0.05) is 19.9 Å². The highest BCUT2D eigenvalue weighted by Gasteiger charge is 2.28. The molecule has 1 atom stereocenters. The van der Waals surface area contributed by atoms with Crippen LogP contribution < -0.4 is 15.2 Å². The molecule has 0 radical (unpaired) electrons. The summed E-state index contributed by atoms with van der Waals surface area (Å²) < 4.78 is 12.9. The maximum atomic E-state index is 6.05. The molecule has 0 saturated carbocycles. The van der Waals surface area contributed by atoms with Crippen LogP contribution in [0.1, 0.15) is 61.0 Å². The Labute approximate surface area is 150 Å². The summed E-state index contributed by atoms with van der Waals surface area (Å²) in [6, 6.07) is 6.06. The van der Waals surface area contributed by atoms with Crippen molar-refractivity contribution in [3.05, 3.63) is 40.7 Å². The second-order valence-corrected chi connectivity index (χ2v) is 7.07. The smallest absolute Gasteiger partial charge is 0.161 e. The fourth-order valence-corrected chi connectivity index (χ4v) is 3.84. The third-order valence-corrected chi connectivity index (χ3v) is 5.11. The van der Waals surface area contributed by atoms with Gasteiger partial charge in [0.15, 0.2) is 11.5 Å². The third kappa shape index (κ3) is 3.38. The number of aromatic nitrogens is 2. The van der Waals surface area contributed by atoms with Gasteiger partial charge < -0.3 is 15.2 Å². The van der Waals surface area contributed by atoms with Crippen LogP contribution in [0.5, 0.6) is 11.5 Å². The van der Waals surface area contributed by atoms with Gasteiger partial charge in [-0.25, -0.2) is 0 Å². The molecular formula is C20H29N3O2. The molecule has 0 bridgehead atoms. The van der Waals surface area contributed by atoms with Gasteiger partial charge in [0.2, 0.25) is 0 Å². The lowest BCUT2D eigenvalue weighted by Crippen LogP contribution is -2.20. The standard InChI is InChI=1S/C20H29N3O2/c1-13(2)20-19-15(11-21)6-5-7-16(19)23(22-20)12-14-8-9-17(24-3)18(10-14)25-4/h8-10,13,15H,5-7,11-12,21H2,1-4H3. The number of benzene rings is 1. The van der Waals surface area contributed by atoms with Crippen LogP contribution in [0.15, 0.2) is 18.2 Å². The molecule has 1 unspecified atom stereocenters. The molecule has 0 spiro atoms. The van der Waals surface area contributed by atoms with Crippen LogP contribution >= 0.6 is 0 Å². The van der Waals surface area contributed by atoms with Gasteiger partial charge in [0, 0.05) is 11.3 Å². The first-order valence-corrected chi connectivity index (χ1v) is 9.09. The molecule has 2 N–H and O–H groups in total. The van der Waals surface area contributed by atoms with Crippen molar-refractivity contribution in [3.63, 3.8) is 0 Å². The van der Waals surface area contributed by atoms with E-state index in [0.29, 0.717) is 18.4 Å². The van der Waals surface area contributed by atoms with Crippen LogP contribution in [0.25, 0.3) is 0 Å². The molecule has 1 aromatic heterocycles. The van der Waals surface area contributed by atoms with E-state index in [1.54, 1.807) is 14.2 Å². The Balaban J connectivity index is 1.98. The average Bonchev–Trinajstić information content (AvgIpc) is 3.00. The first kappa shape index (κ1) is 17.8. The molecule has 0 amide bonds. The van der Waals surface area contributed by atoms with E-state index in [4.69, 9.17) is 20.3 Å². The zero-order valence-electron chi connectivity index (χ0n) is 15.7. The summed E-state index contributed by atoms with van der Waals surface area (Å²) in [6.07, 6.45) is 3.44. The third-order valence-electron chi connectivity index (χ3n) is 5.11. The lowest BCUT2D eigenvalue weighted by atomic mass is 9.83. The lowest BCUT2D eigenvalue weighted by Gasteiger charge is -2.23. The van der Waals surface area contributed by atoms with E-state index in [1.165, 1.54) is 29.8 Å². The van der Waals surface area contributed by atoms with Crippen molar-refractivity contribution in [2.24, 2.45) is 5.73 Å². The molecule has 5 heteroatoms. The van der Waals surface area contributed by atoms with Crippen molar-refractivity contribution >= 4 is 0 Å². The molecule has 0 fully saturated rings. The van der Waals surface area contributed by atoms with Crippen molar-refractivity contribution in [2.75, 3.05) is 20.8 Å². The number of rotatable bonds is 6. The number of hydrogen-bond donors (Lipinski definition) is 1. The summed E-state index contributed by atoms with van der Waals surface area (Å²) in [5.41, 5.74) is 11.2. The van der Waals surface area contributed by atoms with Crippen LogP contribution in [0.4, 0.5) is 0 Å². The molecule has 5 nitrogen and oxygen atoms in total. The molecule has 1 aliphatic carbocycles. The Morgan fingerprint density at radius 1 is 1.24 bits per heavy atom. The zero-order valence-corrected chi connectivity index (χ0v) is 15.7. The minimum Gasteiger partial charge on any atom is -0.493 e. The summed E-state index contributed by atoms with van der Waals surface area (Å²) in [4.78, 5) is 0. The van der Waals surface area contributed by atoms with Crippen LogP contribution in [0.3, 0.4) is 0 Å². The first-order chi connectivity index (χ1) is 12.1. The summed E-state index contributed by atoms with van der Waals surface area (Å²) in [5, 5.41) is 4.97. The minimum atomic E-state index is 0.410. The van der Waals surface area contributed by atoms with Gasteiger partial charge >= 0.3 is 0 Å². The van der Waals surface area contributed by atoms with Crippen molar-refractivity contribution < 1.29 is 9.47 Å². The zero-order chi connectivity index (χ0) is 18.0. The van der Waals surface area contributed by atoms with Gasteiger partial charge in [-0.15, -0.1) is 0 Å². The van der Waals surface area contributed by atoms with Crippen LogP contribution in [-0.4, -0.2) is 30.5 Å². The fraction of sp³-hybridized carbons (Fsp3) is 0.550. The molecule has 136 valence electrons. The second kappa shape index (κ2) is 7.48. The number of fused-ring (bicyclic) bond motifs is 1. The molecule has 0 aliphatic heterocycles. The van der Waals surface area contributed by atoms with Gasteiger partial charge in [-0.2, -0.15) is 5.10 Å². The topological polar surface area (TPSA) is 62.3 Å². The quantitative estimate of drug-likeness (QED) is 0.872. The largest absolute Gasteiger partial charge is 0.493 e. The average molecular weight is 343 g/mol. The Morgan fingerprint density at radius 2 is 2.00 bits per heavy atom. The summed E-state index contributed by atoms with van der Waals surface area (Å²) in [5.74, 6) is 2.36. The van der Waals surface area contributed by atoms with E-state index in [1.807, 2.05) is 12.1 Å². The lowest BCUT2D eigenvalue weighted by molar-refractivity contribution is 0.354. The molecule has 1 aliphatic rings. The van der Waals surface area contributed by atoms with Crippen molar-refractivity contribution in [2.45, 2.75) is 51.5 Å². The van der Waals surface area contributed by atoms with Gasteiger partial charge in [-0.05, 0) is 55.3 Å². The maximum Gasteiger partial charge on any atom is 0.161 e. The Morgan fingerprint density at radius 3 is 2.64 bits per heavy atom. The summed E-state index contributed by atoms with van der Waals surface area (Å²) in [7, 11) is 3.32. The second-order valence-electron chi connectivity index (χ2n) is 7.07. The van der Waals surface area contributed by atoms with Crippen LogP contribution in [-0.2, 0) is 13.0 Å². The van der Waals surface area contributed by atoms with Gasteiger partial charge in [0.1, 0.15) is 0 Å². The molecule has 0 saturated heterocycles. The van der Waals surface area contributed by atoms with E-state index < -0.39 is 0 Å². The normalized spacial score (nSPS) is 16.8. The monoisotopic (exact) mass is 343 g/mol. The first-order valence-electron chi connectivity index (χ1n) is 9.09. The maximum absolute atomic E-state index is 6.05. The van der Waals surface area contributed by atoms with Crippen molar-refractivity contribution in [1.82, 2.24) is 9.78 Å². The molecule has 3 rings (SSSR count). The Bertz CT molecular complexity index is 737. The highest BCUT2D eigenvalue weighted by molar-refractivity contribution is 5.43. The Hall–Kier alpha value is -2.01. The summed E-state index contributed by atoms with van der Waals surface area (Å²) in [6.45, 7) is 5.87. The van der Waals surface area contributed by atoms with Gasteiger partial charge in [-0.3, -0.25) is 4.68 Å². The number of hydrogen-bond acceptors (Lipinski definition) is 4. The number of nitrogens with zero attached hydrogens (tertiary/aromatic N) is 2. The molecule has 25 heavy (non-hydrogen) atoms. The highest BCUT2D eigenvalue weighted by Crippen LogP contribution is 2.37. The van der Waals surface area contributed by atoms with Crippen LogP contribution in [0.2, 0.25) is 0 Å². The van der Waals surface area contributed by atoms with Crippen molar-refractivity contribution in [1.29, 1.82) is 0 Å². The SMILES string of the molecule is COc1ccc(Cn2nc(C(C)C)c3c2CCCC3CN)cc1OC. The predicted octanol–water partition coefficient (Wildman–Crippen LogP) is 3.45. The predicted molar refractivity (Wildman–Crippen MR) is 99.7 cm³/mol. The van der Waals surface area contributed by atoms with Crippen LogP contribution in [0, 0.1) is 0 Å². The molecular weight excluding hydrogens is 314 g/mol. The highest BCUT2D eigenvalue weighted by atomic mass is 16.5. The number of nitrogens with two attached hydrogens (primary N) is 1. The molecule has 1 aromatic carbocycles. The van der Waals surface area contributed by atoms with Gasteiger partial charge in [0.05, 0.1) is 26.5 Å². The number of ether oxygens (including phenoxy) is 2. The fourth-order valence-electron chi connectivity index (χ4n) is 3.84. The summed E-state index contributed by atoms with van der Waals surface area (Å²) >= 11 is 0. The van der Waals surface area contributed by atoms with E-state index in [0.717, 1.165) is 30.0 Å². The van der Waals surface area contributed by atoms with E-state index >= 15 is 0 Å². The van der Waals surface area contributed by atoms with E-state index in [2.05, 4.69) is 24.6 Å². The molecule has 2 aromatic rings. The minimum absolute atomic E-state index is 0.410. The van der Waals surface area contributed by atoms with E-state index in [-0.39, 0.29) is 0 Å².